The number of nitrogens with one attached hydrogen (secondary N) is 1. The van der Waals surface area contributed by atoms with Crippen LogP contribution in [0.5, 0.6) is 0 Å². The second kappa shape index (κ2) is 6.88. The molecule has 17 heavy (non-hydrogen) atoms. The summed E-state index contributed by atoms with van der Waals surface area (Å²) in [4.78, 5) is 10.7. The molecule has 0 aliphatic heterocycles. The molecular formula is C12H17NO4. The standard InChI is InChI=1S/C12H17NO4/c14-8-4-7-10(15)11(13-12(16)17)9-5-2-1-3-6-9/h1-3,5-6,10-11,13-15H,4,7-8H2,(H,16,17). The van der Waals surface area contributed by atoms with Crippen LogP contribution >= 0.6 is 0 Å². The predicted molar refractivity (Wildman–Crippen MR) is 62.7 cm³/mol. The maximum absolute atomic E-state index is 10.7. The Morgan fingerprint density at radius 3 is 2.47 bits per heavy atom. The summed E-state index contributed by atoms with van der Waals surface area (Å²) >= 11 is 0. The van der Waals surface area contributed by atoms with Crippen LogP contribution in [0.1, 0.15) is 24.4 Å². The van der Waals surface area contributed by atoms with Gasteiger partial charge < -0.3 is 20.6 Å². The summed E-state index contributed by atoms with van der Waals surface area (Å²) in [6.45, 7) is -0.0222. The van der Waals surface area contributed by atoms with Gasteiger partial charge in [0.1, 0.15) is 0 Å². The zero-order valence-electron chi connectivity index (χ0n) is 9.41. The van der Waals surface area contributed by atoms with Gasteiger partial charge in [0.2, 0.25) is 0 Å². The van der Waals surface area contributed by atoms with Crippen molar-refractivity contribution in [1.82, 2.24) is 5.32 Å². The number of carboxylic acid groups (broad SMARTS) is 1. The number of aliphatic hydroxyl groups excluding tert-OH is 2. The molecule has 0 fully saturated rings. The van der Waals surface area contributed by atoms with Crippen molar-refractivity contribution in [3.05, 3.63) is 35.9 Å². The highest BCUT2D eigenvalue weighted by molar-refractivity contribution is 5.65. The van der Waals surface area contributed by atoms with Gasteiger partial charge in [0.05, 0.1) is 12.1 Å². The largest absolute Gasteiger partial charge is 0.465 e. The Hall–Kier alpha value is -1.59. The first-order chi connectivity index (χ1) is 8.15. The molecule has 0 aliphatic carbocycles. The second-order valence-corrected chi connectivity index (χ2v) is 3.77. The molecule has 1 amide bonds. The van der Waals surface area contributed by atoms with Crippen molar-refractivity contribution in [1.29, 1.82) is 0 Å². The molecule has 2 unspecified atom stereocenters. The van der Waals surface area contributed by atoms with Crippen LogP contribution in [0.2, 0.25) is 0 Å². The molecule has 0 spiro atoms. The van der Waals surface area contributed by atoms with Crippen molar-refractivity contribution < 1.29 is 20.1 Å². The van der Waals surface area contributed by atoms with Crippen LogP contribution in [-0.4, -0.2) is 34.1 Å². The van der Waals surface area contributed by atoms with Crippen molar-refractivity contribution >= 4 is 6.09 Å². The number of rotatable bonds is 6. The third-order valence-electron chi connectivity index (χ3n) is 2.48. The fourth-order valence-electron chi connectivity index (χ4n) is 1.66. The Kier molecular flexibility index (Phi) is 5.45. The monoisotopic (exact) mass is 239 g/mol. The van der Waals surface area contributed by atoms with Gasteiger partial charge in [-0.1, -0.05) is 30.3 Å². The summed E-state index contributed by atoms with van der Waals surface area (Å²) in [7, 11) is 0. The smallest absolute Gasteiger partial charge is 0.405 e. The minimum atomic E-state index is -1.18. The Morgan fingerprint density at radius 1 is 1.29 bits per heavy atom. The van der Waals surface area contributed by atoms with Crippen LogP contribution in [-0.2, 0) is 0 Å². The second-order valence-electron chi connectivity index (χ2n) is 3.77. The van der Waals surface area contributed by atoms with Crippen LogP contribution in [0.3, 0.4) is 0 Å². The quantitative estimate of drug-likeness (QED) is 0.599. The van der Waals surface area contributed by atoms with E-state index in [-0.39, 0.29) is 6.61 Å². The summed E-state index contributed by atoms with van der Waals surface area (Å²) in [5.41, 5.74) is 0.709. The highest BCUT2D eigenvalue weighted by atomic mass is 16.4. The average molecular weight is 239 g/mol. The van der Waals surface area contributed by atoms with Gasteiger partial charge in [-0.3, -0.25) is 0 Å². The highest BCUT2D eigenvalue weighted by Crippen LogP contribution is 2.19. The highest BCUT2D eigenvalue weighted by Gasteiger charge is 2.22. The normalized spacial score (nSPS) is 14.0. The molecule has 94 valence electrons. The molecule has 5 heteroatoms. The molecule has 4 N–H and O–H groups in total. The van der Waals surface area contributed by atoms with E-state index in [9.17, 15) is 9.90 Å². The van der Waals surface area contributed by atoms with Crippen molar-refractivity contribution in [3.63, 3.8) is 0 Å². The van der Waals surface area contributed by atoms with Crippen molar-refractivity contribution in [2.45, 2.75) is 25.0 Å². The predicted octanol–water partition coefficient (Wildman–Crippen LogP) is 1.13. The summed E-state index contributed by atoms with van der Waals surface area (Å²) in [6, 6.07) is 8.22. The van der Waals surface area contributed by atoms with Gasteiger partial charge >= 0.3 is 6.09 Å². The van der Waals surface area contributed by atoms with Gasteiger partial charge in [0.15, 0.2) is 0 Å². The molecule has 0 saturated heterocycles. The van der Waals surface area contributed by atoms with Gasteiger partial charge in [-0.25, -0.2) is 4.79 Å². The number of hydrogen-bond donors (Lipinski definition) is 4. The van der Waals surface area contributed by atoms with E-state index in [1.807, 2.05) is 6.07 Å². The van der Waals surface area contributed by atoms with Gasteiger partial charge in [-0.2, -0.15) is 0 Å². The summed E-state index contributed by atoms with van der Waals surface area (Å²) in [6.07, 6.45) is -1.25. The Balaban J connectivity index is 2.76. The fourth-order valence-corrected chi connectivity index (χ4v) is 1.66. The maximum Gasteiger partial charge on any atom is 0.405 e. The first-order valence-electron chi connectivity index (χ1n) is 5.48. The van der Waals surface area contributed by atoms with E-state index >= 15 is 0 Å². The number of benzene rings is 1. The lowest BCUT2D eigenvalue weighted by Gasteiger charge is -2.23. The fraction of sp³-hybridized carbons (Fsp3) is 0.417. The van der Waals surface area contributed by atoms with E-state index in [1.165, 1.54) is 0 Å². The number of aliphatic hydroxyl groups is 2. The zero-order chi connectivity index (χ0) is 12.7. The van der Waals surface area contributed by atoms with E-state index in [2.05, 4.69) is 5.32 Å². The molecule has 1 rings (SSSR count). The van der Waals surface area contributed by atoms with Crippen molar-refractivity contribution in [2.24, 2.45) is 0 Å². The molecule has 1 aromatic rings. The minimum absolute atomic E-state index is 0.0222. The molecule has 0 heterocycles. The molecule has 0 saturated carbocycles. The first-order valence-corrected chi connectivity index (χ1v) is 5.48. The third kappa shape index (κ3) is 4.42. The third-order valence-corrected chi connectivity index (χ3v) is 2.48. The van der Waals surface area contributed by atoms with Gasteiger partial charge in [0.25, 0.3) is 0 Å². The molecule has 0 aliphatic rings. The van der Waals surface area contributed by atoms with Gasteiger partial charge in [-0.05, 0) is 18.4 Å². The molecule has 0 aromatic heterocycles. The number of amides is 1. The Labute approximate surface area is 99.7 Å². The molecule has 0 radical (unpaired) electrons. The zero-order valence-corrected chi connectivity index (χ0v) is 9.41. The van der Waals surface area contributed by atoms with Crippen molar-refractivity contribution in [2.75, 3.05) is 6.61 Å². The first kappa shape index (κ1) is 13.5. The lowest BCUT2D eigenvalue weighted by molar-refractivity contribution is 0.104. The molecule has 0 bridgehead atoms. The molecule has 1 aromatic carbocycles. The van der Waals surface area contributed by atoms with Crippen LogP contribution in [0, 0.1) is 0 Å². The maximum atomic E-state index is 10.7. The van der Waals surface area contributed by atoms with E-state index in [0.717, 1.165) is 0 Å². The van der Waals surface area contributed by atoms with E-state index in [0.29, 0.717) is 18.4 Å². The number of hydrogen-bond acceptors (Lipinski definition) is 3. The molecular weight excluding hydrogens is 222 g/mol. The molecule has 5 nitrogen and oxygen atoms in total. The Morgan fingerprint density at radius 2 is 1.94 bits per heavy atom. The SMILES string of the molecule is O=C(O)NC(c1ccccc1)C(O)CCCO. The lowest BCUT2D eigenvalue weighted by atomic mass is 9.98. The lowest BCUT2D eigenvalue weighted by Crippen LogP contribution is -2.35. The summed E-state index contributed by atoms with van der Waals surface area (Å²) in [5.74, 6) is 0. The number of carbonyl (C=O) groups is 1. The Bertz CT molecular complexity index is 342. The summed E-state index contributed by atoms with van der Waals surface area (Å²) < 4.78 is 0. The van der Waals surface area contributed by atoms with Crippen LogP contribution in [0.4, 0.5) is 4.79 Å². The van der Waals surface area contributed by atoms with E-state index < -0.39 is 18.2 Å². The van der Waals surface area contributed by atoms with Crippen LogP contribution in [0.15, 0.2) is 30.3 Å². The molecule has 2 atom stereocenters. The van der Waals surface area contributed by atoms with E-state index in [1.54, 1.807) is 24.3 Å². The van der Waals surface area contributed by atoms with Crippen LogP contribution in [0.25, 0.3) is 0 Å². The summed E-state index contributed by atoms with van der Waals surface area (Å²) in [5, 5.41) is 29.6. The van der Waals surface area contributed by atoms with Crippen molar-refractivity contribution in [3.8, 4) is 0 Å². The van der Waals surface area contributed by atoms with Gasteiger partial charge in [-0.15, -0.1) is 0 Å². The topological polar surface area (TPSA) is 89.8 Å². The van der Waals surface area contributed by atoms with E-state index in [4.69, 9.17) is 10.2 Å². The minimum Gasteiger partial charge on any atom is -0.465 e. The average Bonchev–Trinajstić information content (AvgIpc) is 2.34. The van der Waals surface area contributed by atoms with Gasteiger partial charge in [0, 0.05) is 6.61 Å². The van der Waals surface area contributed by atoms with Crippen LogP contribution < -0.4 is 5.32 Å².